The number of rotatable bonds is 17. The monoisotopic (exact) mass is 308 g/mol. The van der Waals surface area contributed by atoms with Crippen molar-refractivity contribution in [1.29, 1.82) is 0 Å². The molecule has 0 aromatic heterocycles. The predicted octanol–water partition coefficient (Wildman–Crippen LogP) is 7.22. The molecule has 1 atom stereocenters. The van der Waals surface area contributed by atoms with Crippen LogP contribution in [-0.4, -0.2) is 12.7 Å². The third-order valence-electron chi connectivity index (χ3n) is 4.10. The Morgan fingerprint density at radius 1 is 0.818 bits per heavy atom. The van der Waals surface area contributed by atoms with E-state index in [4.69, 9.17) is 4.74 Å². The van der Waals surface area contributed by atoms with Gasteiger partial charge in [0, 0.05) is 0 Å². The molecule has 0 bridgehead atoms. The highest BCUT2D eigenvalue weighted by molar-refractivity contribution is 4.90. The summed E-state index contributed by atoms with van der Waals surface area (Å²) in [7, 11) is 0. The summed E-state index contributed by atoms with van der Waals surface area (Å²) in [6.07, 6.45) is 24.0. The van der Waals surface area contributed by atoms with Gasteiger partial charge in [0.2, 0.25) is 0 Å². The zero-order chi connectivity index (χ0) is 16.3. The first kappa shape index (κ1) is 21.4. The molecule has 0 rings (SSSR count). The van der Waals surface area contributed by atoms with Gasteiger partial charge in [-0.1, -0.05) is 96.3 Å². The highest BCUT2D eigenvalue weighted by atomic mass is 16.5. The summed E-state index contributed by atoms with van der Waals surface area (Å²) in [5.41, 5.74) is 0. The quantitative estimate of drug-likeness (QED) is 0.203. The molecular formula is C21H40O. The minimum atomic E-state index is 0.291. The average Bonchev–Trinajstić information content (AvgIpc) is 2.54. The molecule has 0 aliphatic heterocycles. The van der Waals surface area contributed by atoms with Crippen LogP contribution in [0.4, 0.5) is 0 Å². The van der Waals surface area contributed by atoms with Gasteiger partial charge in [0.1, 0.15) is 0 Å². The summed E-state index contributed by atoms with van der Waals surface area (Å²) in [4.78, 5) is 0. The van der Waals surface area contributed by atoms with Crippen molar-refractivity contribution in [2.75, 3.05) is 6.61 Å². The van der Waals surface area contributed by atoms with Crippen molar-refractivity contribution in [3.63, 3.8) is 0 Å². The fraction of sp³-hybridized carbons (Fsp3) is 0.810. The van der Waals surface area contributed by atoms with E-state index >= 15 is 0 Å². The number of unbranched alkanes of at least 4 members (excludes halogenated alkanes) is 10. The molecule has 22 heavy (non-hydrogen) atoms. The summed E-state index contributed by atoms with van der Waals surface area (Å²) in [6, 6.07) is 0. The molecule has 0 aliphatic rings. The van der Waals surface area contributed by atoms with Crippen LogP contribution in [0, 0.1) is 0 Å². The highest BCUT2D eigenvalue weighted by Gasteiger charge is 2.03. The Balaban J connectivity index is 3.71. The predicted molar refractivity (Wildman–Crippen MR) is 100 cm³/mol. The van der Waals surface area contributed by atoms with Crippen molar-refractivity contribution in [2.45, 2.75) is 103 Å². The molecule has 0 fully saturated rings. The van der Waals surface area contributed by atoms with E-state index in [1.165, 1.54) is 77.0 Å². The van der Waals surface area contributed by atoms with Gasteiger partial charge < -0.3 is 4.74 Å². The van der Waals surface area contributed by atoms with Gasteiger partial charge in [-0.3, -0.25) is 0 Å². The third kappa shape index (κ3) is 15.8. The van der Waals surface area contributed by atoms with Crippen LogP contribution in [0.1, 0.15) is 97.3 Å². The molecule has 0 aromatic carbocycles. The Labute approximate surface area is 140 Å². The molecule has 0 saturated heterocycles. The van der Waals surface area contributed by atoms with E-state index in [1.807, 2.05) is 6.08 Å². The van der Waals surface area contributed by atoms with Crippen LogP contribution in [-0.2, 0) is 4.74 Å². The molecule has 0 radical (unpaired) electrons. The maximum absolute atomic E-state index is 5.85. The summed E-state index contributed by atoms with van der Waals surface area (Å²) < 4.78 is 5.85. The number of ether oxygens (including phenoxy) is 1. The van der Waals surface area contributed by atoms with Crippen LogP contribution in [0.25, 0.3) is 0 Å². The largest absolute Gasteiger partial charge is 0.370 e. The van der Waals surface area contributed by atoms with Crippen LogP contribution in [0.15, 0.2) is 24.8 Å². The first-order valence-corrected chi connectivity index (χ1v) is 9.74. The highest BCUT2D eigenvalue weighted by Crippen LogP contribution is 2.12. The molecule has 1 nitrogen and oxygen atoms in total. The minimum Gasteiger partial charge on any atom is -0.370 e. The lowest BCUT2D eigenvalue weighted by Gasteiger charge is -2.13. The second-order valence-electron chi connectivity index (χ2n) is 6.35. The van der Waals surface area contributed by atoms with Gasteiger partial charge >= 0.3 is 0 Å². The Morgan fingerprint density at radius 3 is 2.05 bits per heavy atom. The van der Waals surface area contributed by atoms with Crippen LogP contribution in [0.5, 0.6) is 0 Å². The fourth-order valence-corrected chi connectivity index (χ4v) is 2.67. The van der Waals surface area contributed by atoms with Gasteiger partial charge in [0.25, 0.3) is 0 Å². The maximum atomic E-state index is 5.85. The Bertz CT molecular complexity index is 244. The third-order valence-corrected chi connectivity index (χ3v) is 4.10. The topological polar surface area (TPSA) is 9.23 Å². The van der Waals surface area contributed by atoms with Crippen LogP contribution < -0.4 is 0 Å². The summed E-state index contributed by atoms with van der Waals surface area (Å²) in [6.45, 7) is 8.95. The van der Waals surface area contributed by atoms with Gasteiger partial charge in [0.05, 0.1) is 12.7 Å². The van der Waals surface area contributed by atoms with Crippen LogP contribution in [0.3, 0.4) is 0 Å². The molecule has 0 saturated carbocycles. The molecule has 0 amide bonds. The molecule has 0 N–H and O–H groups in total. The fourth-order valence-electron chi connectivity index (χ4n) is 2.67. The minimum absolute atomic E-state index is 0.291. The zero-order valence-electron chi connectivity index (χ0n) is 15.3. The SMILES string of the molecule is C=CCOC(/C=C/CCCCCCCC)CCCCCCC. The second-order valence-corrected chi connectivity index (χ2v) is 6.35. The average molecular weight is 309 g/mol. The van der Waals surface area contributed by atoms with E-state index in [9.17, 15) is 0 Å². The molecule has 0 heterocycles. The lowest BCUT2D eigenvalue weighted by molar-refractivity contribution is 0.100. The summed E-state index contributed by atoms with van der Waals surface area (Å²) in [5.74, 6) is 0. The van der Waals surface area contributed by atoms with Crippen molar-refractivity contribution >= 4 is 0 Å². The molecule has 1 heteroatoms. The van der Waals surface area contributed by atoms with Gasteiger partial charge in [-0.05, 0) is 19.3 Å². The molecule has 130 valence electrons. The second kappa shape index (κ2) is 18.5. The molecule has 0 spiro atoms. The molecular weight excluding hydrogens is 268 g/mol. The van der Waals surface area contributed by atoms with E-state index in [-0.39, 0.29) is 0 Å². The van der Waals surface area contributed by atoms with Crippen molar-refractivity contribution in [3.05, 3.63) is 24.8 Å². The Morgan fingerprint density at radius 2 is 1.41 bits per heavy atom. The van der Waals surface area contributed by atoms with Crippen LogP contribution >= 0.6 is 0 Å². The molecule has 0 aromatic rings. The van der Waals surface area contributed by atoms with E-state index in [2.05, 4.69) is 32.6 Å². The standard InChI is InChI=1S/C21H40O/c1-4-7-9-11-12-13-15-17-19-21(22-20-6-3)18-16-14-10-8-5-2/h6,17,19,21H,3-5,7-16,18,20H2,1-2H3/b19-17+. The van der Waals surface area contributed by atoms with Crippen molar-refractivity contribution in [3.8, 4) is 0 Å². The zero-order valence-corrected chi connectivity index (χ0v) is 15.3. The van der Waals surface area contributed by atoms with Crippen LogP contribution in [0.2, 0.25) is 0 Å². The smallest absolute Gasteiger partial charge is 0.0760 e. The Hall–Kier alpha value is -0.560. The van der Waals surface area contributed by atoms with Crippen molar-refractivity contribution in [1.82, 2.24) is 0 Å². The maximum Gasteiger partial charge on any atom is 0.0760 e. The molecule has 0 aliphatic carbocycles. The first-order valence-electron chi connectivity index (χ1n) is 9.74. The lowest BCUT2D eigenvalue weighted by Crippen LogP contribution is -2.09. The molecule has 1 unspecified atom stereocenters. The van der Waals surface area contributed by atoms with E-state index in [0.29, 0.717) is 12.7 Å². The summed E-state index contributed by atoms with van der Waals surface area (Å²) in [5, 5.41) is 0. The van der Waals surface area contributed by atoms with E-state index in [1.54, 1.807) is 0 Å². The van der Waals surface area contributed by atoms with Crippen molar-refractivity contribution in [2.24, 2.45) is 0 Å². The summed E-state index contributed by atoms with van der Waals surface area (Å²) >= 11 is 0. The Kier molecular flexibility index (Phi) is 18.0. The lowest BCUT2D eigenvalue weighted by atomic mass is 10.1. The van der Waals surface area contributed by atoms with E-state index in [0.717, 1.165) is 6.42 Å². The normalized spacial score (nSPS) is 12.8. The van der Waals surface area contributed by atoms with Gasteiger partial charge in [0.15, 0.2) is 0 Å². The first-order chi connectivity index (χ1) is 10.8. The van der Waals surface area contributed by atoms with Gasteiger partial charge in [-0.25, -0.2) is 0 Å². The van der Waals surface area contributed by atoms with E-state index < -0.39 is 0 Å². The number of hydrogen-bond donors (Lipinski definition) is 0. The number of allylic oxidation sites excluding steroid dienone is 1. The number of hydrogen-bond acceptors (Lipinski definition) is 1. The van der Waals surface area contributed by atoms with Crippen molar-refractivity contribution < 1.29 is 4.74 Å². The van der Waals surface area contributed by atoms with Gasteiger partial charge in [-0.2, -0.15) is 0 Å². The van der Waals surface area contributed by atoms with Gasteiger partial charge in [-0.15, -0.1) is 6.58 Å².